The molecule has 4 nitrogen and oxygen atoms in total. The van der Waals surface area contributed by atoms with Crippen LogP contribution in [0.4, 0.5) is 101 Å². The Bertz CT molecular complexity index is 855. The van der Waals surface area contributed by atoms with Crippen LogP contribution in [0.3, 0.4) is 0 Å². The monoisotopic (exact) mass is 648 g/mol. The highest BCUT2D eigenvalue weighted by Crippen LogP contribution is 2.59. The van der Waals surface area contributed by atoms with Gasteiger partial charge in [-0.25, -0.2) is 0 Å². The van der Waals surface area contributed by atoms with Crippen molar-refractivity contribution in [3.63, 3.8) is 0 Å². The van der Waals surface area contributed by atoms with Gasteiger partial charge in [-0.15, -0.1) is 0 Å². The number of hydrogen-bond acceptors (Lipinski definition) is 4. The van der Waals surface area contributed by atoms with Crippen molar-refractivity contribution in [3.8, 4) is 0 Å². The van der Waals surface area contributed by atoms with Crippen molar-refractivity contribution < 1.29 is 120 Å². The van der Waals surface area contributed by atoms with E-state index in [1.807, 2.05) is 0 Å². The summed E-state index contributed by atoms with van der Waals surface area (Å²) in [6.07, 6.45) is -56.9. The van der Waals surface area contributed by atoms with Crippen LogP contribution in [-0.4, -0.2) is 78.2 Å². The Morgan fingerprint density at radius 3 is 0.872 bits per heavy atom. The molecule has 0 spiro atoms. The molecule has 27 heteroatoms. The van der Waals surface area contributed by atoms with Gasteiger partial charge in [0.15, 0.2) is 0 Å². The van der Waals surface area contributed by atoms with Crippen LogP contribution in [0, 0.1) is 0 Å². The van der Waals surface area contributed by atoms with Crippen LogP contribution in [0.15, 0.2) is 0 Å². The molecule has 3 atom stereocenters. The maximum atomic E-state index is 14.0. The van der Waals surface area contributed by atoms with Crippen LogP contribution in [-0.2, 0) is 14.2 Å². The zero-order valence-electron chi connectivity index (χ0n) is 16.6. The third-order valence-electron chi connectivity index (χ3n) is 3.65. The Balaban J connectivity index is 7.14. The lowest BCUT2D eigenvalue weighted by Crippen LogP contribution is -2.70. The van der Waals surface area contributed by atoms with Crippen molar-refractivity contribution in [1.29, 1.82) is 0 Å². The quantitative estimate of drug-likeness (QED) is 0.269. The van der Waals surface area contributed by atoms with E-state index in [2.05, 4.69) is 0 Å². The van der Waals surface area contributed by atoms with E-state index in [-0.39, 0.29) is 0 Å². The molecule has 0 aromatic carbocycles. The third kappa shape index (κ3) is 6.28. The van der Waals surface area contributed by atoms with E-state index in [0.29, 0.717) is 0 Å². The van der Waals surface area contributed by atoms with Crippen molar-refractivity contribution in [2.24, 2.45) is 0 Å². The molecule has 0 aromatic rings. The van der Waals surface area contributed by atoms with Gasteiger partial charge in [0.1, 0.15) is 6.61 Å². The molecular weight excluding hydrogens is 645 g/mol. The SMILES string of the molecule is OC[C@@](F)(OC(F)(F)[C@@](F)(OC(F)(F)[C@@](F)(OC(F)(F)C(F)(F)C(F)(F)F)C(F)(F)F)C(F)(F)F)C(F)(F)F. The maximum absolute atomic E-state index is 14.0. The fraction of sp³-hybridized carbons (Fsp3) is 1.00. The molecule has 0 aliphatic carbocycles. The van der Waals surface area contributed by atoms with Gasteiger partial charge < -0.3 is 5.11 Å². The van der Waals surface area contributed by atoms with Crippen LogP contribution in [0.25, 0.3) is 0 Å². The first-order valence-electron chi connectivity index (χ1n) is 7.99. The lowest BCUT2D eigenvalue weighted by Gasteiger charge is -2.42. The van der Waals surface area contributed by atoms with Crippen LogP contribution >= 0.6 is 0 Å². The molecule has 0 bridgehead atoms. The van der Waals surface area contributed by atoms with E-state index in [0.717, 1.165) is 9.47 Å². The van der Waals surface area contributed by atoms with E-state index in [1.54, 1.807) is 4.74 Å². The van der Waals surface area contributed by atoms with Gasteiger partial charge in [-0.1, -0.05) is 0 Å². The standard InChI is InChI=1S/C12H3F23O4/c13-2(1-36,6(18,19)20)37-11(32,33)4(16,8(24,25)26)39-12(34,35)5(17,9(27,28)29)38-10(30,31)3(14,15)7(21,22)23/h36H,1H2/t2-,4+,5+/m1/s1. The zero-order valence-corrected chi connectivity index (χ0v) is 16.6. The van der Waals surface area contributed by atoms with E-state index >= 15 is 0 Å². The minimum Gasteiger partial charge on any atom is -0.390 e. The Morgan fingerprint density at radius 2 is 0.641 bits per heavy atom. The number of ether oxygens (including phenoxy) is 3. The Hall–Kier alpha value is -1.77. The van der Waals surface area contributed by atoms with E-state index in [9.17, 15) is 101 Å². The number of rotatable bonds is 10. The van der Waals surface area contributed by atoms with Crippen molar-refractivity contribution >= 4 is 0 Å². The number of aliphatic hydroxyl groups is 1. The average Bonchev–Trinajstić information content (AvgIpc) is 2.62. The predicted octanol–water partition coefficient (Wildman–Crippen LogP) is 6.69. The predicted molar refractivity (Wildman–Crippen MR) is 65.9 cm³/mol. The summed E-state index contributed by atoms with van der Waals surface area (Å²) in [6.45, 7) is -3.62. The summed E-state index contributed by atoms with van der Waals surface area (Å²) < 4.78 is 300. The van der Waals surface area contributed by atoms with E-state index < -0.39 is 73.1 Å². The van der Waals surface area contributed by atoms with Crippen LogP contribution in [0.5, 0.6) is 0 Å². The smallest absolute Gasteiger partial charge is 0.390 e. The van der Waals surface area contributed by atoms with Crippen molar-refractivity contribution in [2.45, 2.75) is 66.5 Å². The molecule has 39 heavy (non-hydrogen) atoms. The van der Waals surface area contributed by atoms with Crippen molar-refractivity contribution in [2.75, 3.05) is 6.61 Å². The van der Waals surface area contributed by atoms with Gasteiger partial charge in [0, 0.05) is 0 Å². The average molecular weight is 648 g/mol. The topological polar surface area (TPSA) is 47.9 Å². The summed E-state index contributed by atoms with van der Waals surface area (Å²) in [5.74, 6) is -31.9. The minimum absolute atomic E-state index is 1.01. The maximum Gasteiger partial charge on any atom is 0.462 e. The second-order valence-corrected chi connectivity index (χ2v) is 6.50. The summed E-state index contributed by atoms with van der Waals surface area (Å²) in [5.41, 5.74) is 0. The van der Waals surface area contributed by atoms with Gasteiger partial charge in [0.25, 0.3) is 0 Å². The van der Waals surface area contributed by atoms with Gasteiger partial charge in [-0.3, -0.25) is 14.2 Å². The first-order valence-corrected chi connectivity index (χ1v) is 7.99. The molecule has 0 saturated heterocycles. The van der Waals surface area contributed by atoms with Gasteiger partial charge in [0.2, 0.25) is 0 Å². The molecule has 236 valence electrons. The first-order chi connectivity index (χ1) is 16.4. The second kappa shape index (κ2) is 9.66. The van der Waals surface area contributed by atoms with Gasteiger partial charge in [-0.05, 0) is 0 Å². The highest BCUT2D eigenvalue weighted by atomic mass is 19.4. The third-order valence-corrected chi connectivity index (χ3v) is 3.65. The highest BCUT2D eigenvalue weighted by Gasteiger charge is 2.88. The van der Waals surface area contributed by atoms with Gasteiger partial charge >= 0.3 is 66.5 Å². The normalized spacial score (nSPS) is 20.3. The molecule has 0 amide bonds. The van der Waals surface area contributed by atoms with E-state index in [4.69, 9.17) is 5.11 Å². The molecule has 1 N–H and O–H groups in total. The second-order valence-electron chi connectivity index (χ2n) is 6.50. The van der Waals surface area contributed by atoms with Crippen molar-refractivity contribution in [1.82, 2.24) is 0 Å². The van der Waals surface area contributed by atoms with Gasteiger partial charge in [-0.2, -0.15) is 101 Å². The van der Waals surface area contributed by atoms with Crippen LogP contribution in [0.2, 0.25) is 0 Å². The van der Waals surface area contributed by atoms with Crippen LogP contribution < -0.4 is 0 Å². The largest absolute Gasteiger partial charge is 0.462 e. The number of aliphatic hydroxyl groups excluding tert-OH is 1. The fourth-order valence-electron chi connectivity index (χ4n) is 1.66. The van der Waals surface area contributed by atoms with Crippen LogP contribution in [0.1, 0.15) is 0 Å². The van der Waals surface area contributed by atoms with Gasteiger partial charge in [0.05, 0.1) is 0 Å². The molecule has 0 aliphatic rings. The molecule has 0 aliphatic heterocycles. The number of halogens is 23. The molecule has 0 heterocycles. The summed E-state index contributed by atoms with van der Waals surface area (Å²) in [5, 5.41) is 8.07. The zero-order chi connectivity index (χ0) is 32.3. The summed E-state index contributed by atoms with van der Waals surface area (Å²) >= 11 is 0. The lowest BCUT2D eigenvalue weighted by atomic mass is 10.2. The molecule has 0 radical (unpaired) electrons. The fourth-order valence-corrected chi connectivity index (χ4v) is 1.66. The van der Waals surface area contributed by atoms with E-state index in [1.165, 1.54) is 0 Å². The number of alkyl halides is 23. The first kappa shape index (κ1) is 37.2. The summed E-state index contributed by atoms with van der Waals surface area (Å²) in [4.78, 5) is 0. The highest BCUT2D eigenvalue weighted by molar-refractivity contribution is 4.97. The summed E-state index contributed by atoms with van der Waals surface area (Å²) in [6, 6.07) is 0. The number of hydrogen-bond donors (Lipinski definition) is 1. The molecule has 0 unspecified atom stereocenters. The minimum atomic E-state index is -8.68. The van der Waals surface area contributed by atoms with Crippen molar-refractivity contribution in [3.05, 3.63) is 0 Å². The Kier molecular flexibility index (Phi) is 9.22. The molecule has 0 rings (SSSR count). The molecule has 0 aromatic heterocycles. The Morgan fingerprint density at radius 1 is 0.359 bits per heavy atom. The molecule has 0 fully saturated rings. The Labute approximate surface area is 195 Å². The summed E-state index contributed by atoms with van der Waals surface area (Å²) in [7, 11) is 0. The molecule has 0 saturated carbocycles. The molecular formula is C12H3F23O4. The lowest BCUT2D eigenvalue weighted by molar-refractivity contribution is -0.579.